The number of carbonyl (C=O) groups is 3. The number of benzene rings is 2. The highest BCUT2D eigenvalue weighted by atomic mass is 16.2. The van der Waals surface area contributed by atoms with E-state index in [-0.39, 0.29) is 18.0 Å². The van der Waals surface area contributed by atoms with Crippen molar-refractivity contribution in [1.29, 1.82) is 5.41 Å². The van der Waals surface area contributed by atoms with E-state index >= 15 is 0 Å². The number of likely N-dealkylation sites (N-methyl/N-ethyl adjacent to an activating group) is 1. The Kier molecular flexibility index (Phi) is 16.3. The van der Waals surface area contributed by atoms with Crippen LogP contribution in [0.2, 0.25) is 0 Å². The topological polar surface area (TPSA) is 216 Å². The van der Waals surface area contributed by atoms with E-state index in [4.69, 9.17) is 28.3 Å². The van der Waals surface area contributed by atoms with E-state index in [9.17, 15) is 14.4 Å². The summed E-state index contributed by atoms with van der Waals surface area (Å²) in [7, 11) is 2.09. The maximum absolute atomic E-state index is 14.0. The zero-order valence-electron chi connectivity index (χ0n) is 28.9. The Balaban J connectivity index is 1.78. The second-order valence-electron chi connectivity index (χ2n) is 13.2. The van der Waals surface area contributed by atoms with Crippen molar-refractivity contribution in [2.24, 2.45) is 22.9 Å². The first kappa shape index (κ1) is 39.2. The molecule has 11 N–H and O–H groups in total. The number of amides is 2. The molecule has 3 rings (SSSR count). The molecule has 0 radical (unpaired) electrons. The monoisotopic (exact) mass is 674 g/mol. The van der Waals surface area contributed by atoms with Crippen LogP contribution in [0, 0.1) is 5.41 Å². The minimum atomic E-state index is -0.894. The van der Waals surface area contributed by atoms with Gasteiger partial charge in [-0.05, 0) is 61.8 Å². The molecule has 2 aromatic carbocycles. The lowest BCUT2D eigenvalue weighted by Gasteiger charge is -2.34. The van der Waals surface area contributed by atoms with Crippen LogP contribution in [0.15, 0.2) is 66.9 Å². The summed E-state index contributed by atoms with van der Waals surface area (Å²) in [6.07, 6.45) is 5.87. The number of hydrogen-bond donors (Lipinski definition) is 7. The van der Waals surface area contributed by atoms with Crippen LogP contribution in [0.25, 0.3) is 10.9 Å². The van der Waals surface area contributed by atoms with Gasteiger partial charge in [0.2, 0.25) is 11.8 Å². The Morgan fingerprint density at radius 2 is 1.49 bits per heavy atom. The molecule has 0 unspecified atom stereocenters. The molecule has 1 heterocycles. The minimum absolute atomic E-state index is 0.0951. The number of fused-ring (bicyclic) bond motifs is 1. The van der Waals surface area contributed by atoms with Crippen molar-refractivity contribution >= 4 is 34.3 Å². The van der Waals surface area contributed by atoms with Gasteiger partial charge in [-0.15, -0.1) is 0 Å². The average Bonchev–Trinajstić information content (AvgIpc) is 3.08. The Morgan fingerprint density at radius 3 is 2.18 bits per heavy atom. The largest absolute Gasteiger partial charge is 0.388 e. The van der Waals surface area contributed by atoms with Gasteiger partial charge in [-0.3, -0.25) is 24.8 Å². The van der Waals surface area contributed by atoms with Crippen molar-refractivity contribution < 1.29 is 18.9 Å². The van der Waals surface area contributed by atoms with E-state index in [0.29, 0.717) is 68.9 Å². The number of ketones is 1. The van der Waals surface area contributed by atoms with Crippen molar-refractivity contribution in [2.45, 2.75) is 75.9 Å². The molecule has 0 saturated heterocycles. The van der Waals surface area contributed by atoms with Crippen molar-refractivity contribution in [3.05, 3.63) is 78.0 Å². The molecule has 0 saturated carbocycles. The highest BCUT2D eigenvalue weighted by molar-refractivity contribution is 5.94. The van der Waals surface area contributed by atoms with Gasteiger partial charge < -0.3 is 38.1 Å². The van der Waals surface area contributed by atoms with E-state index in [1.54, 1.807) is 6.20 Å². The normalized spacial score (nSPS) is 13.4. The molecule has 0 aliphatic heterocycles. The van der Waals surface area contributed by atoms with Crippen LogP contribution >= 0.6 is 0 Å². The fourth-order valence-electron chi connectivity index (χ4n) is 6.07. The first-order valence-electron chi connectivity index (χ1n) is 17.4. The van der Waals surface area contributed by atoms with Gasteiger partial charge in [0.1, 0.15) is 6.04 Å². The molecule has 0 aliphatic carbocycles. The van der Waals surface area contributed by atoms with Gasteiger partial charge in [0.15, 0.2) is 5.78 Å². The molecule has 12 nitrogen and oxygen atoms in total. The fraction of sp³-hybridized carbons (Fsp3) is 0.486. The number of Topliss-reactive ketones (excluding diaryl/α,β-unsaturated/α-hetero) is 1. The SMILES string of the molecule is C[N+](CCN)(CCN)CCC[C@H](NC(=O)[C@@H](N)CCCCC(=N)N)C(=O)N[C@@H](CCc1ccccc1)C(=O)Cc1cnc2ccccc2c1. The first-order valence-corrected chi connectivity index (χ1v) is 17.4. The second-order valence-corrected chi connectivity index (χ2v) is 13.2. The summed E-state index contributed by atoms with van der Waals surface area (Å²) in [5.41, 5.74) is 26.1. The van der Waals surface area contributed by atoms with Crippen molar-refractivity contribution in [3.8, 4) is 0 Å². The summed E-state index contributed by atoms with van der Waals surface area (Å²) < 4.78 is 0.656. The number of rotatable bonds is 23. The van der Waals surface area contributed by atoms with Gasteiger partial charge >= 0.3 is 0 Å². The molecule has 12 heteroatoms. The minimum Gasteiger partial charge on any atom is -0.388 e. The zero-order chi connectivity index (χ0) is 35.6. The number of hydrogen-bond acceptors (Lipinski definition) is 8. The number of amidine groups is 1. The number of aryl methyl sites for hydroxylation is 1. The van der Waals surface area contributed by atoms with Gasteiger partial charge in [-0.1, -0.05) is 55.0 Å². The molecule has 1 aromatic heterocycles. The number of pyridine rings is 1. The van der Waals surface area contributed by atoms with E-state index < -0.39 is 29.9 Å². The summed E-state index contributed by atoms with van der Waals surface area (Å²) >= 11 is 0. The van der Waals surface area contributed by atoms with Gasteiger partial charge in [0, 0.05) is 37.5 Å². The first-order chi connectivity index (χ1) is 23.5. The molecule has 3 aromatic rings. The highest BCUT2D eigenvalue weighted by Crippen LogP contribution is 2.16. The van der Waals surface area contributed by atoms with Crippen LogP contribution in [-0.4, -0.2) is 90.8 Å². The Bertz CT molecular complexity index is 1490. The van der Waals surface area contributed by atoms with Gasteiger partial charge in [0.25, 0.3) is 0 Å². The summed E-state index contributed by atoms with van der Waals surface area (Å²) in [6.45, 7) is 3.22. The van der Waals surface area contributed by atoms with E-state index in [1.165, 1.54) is 0 Å². The van der Waals surface area contributed by atoms with Crippen LogP contribution in [0.3, 0.4) is 0 Å². The molecule has 0 aliphatic rings. The number of aromatic nitrogens is 1. The predicted molar refractivity (Wildman–Crippen MR) is 196 cm³/mol. The van der Waals surface area contributed by atoms with Crippen LogP contribution in [0.1, 0.15) is 56.1 Å². The maximum Gasteiger partial charge on any atom is 0.243 e. The number of carbonyl (C=O) groups excluding carboxylic acids is 3. The highest BCUT2D eigenvalue weighted by Gasteiger charge is 2.29. The van der Waals surface area contributed by atoms with Crippen molar-refractivity contribution in [1.82, 2.24) is 15.6 Å². The summed E-state index contributed by atoms with van der Waals surface area (Å²) in [4.78, 5) is 45.6. The van der Waals surface area contributed by atoms with Gasteiger partial charge in [0.05, 0.1) is 50.1 Å². The molecule has 0 fully saturated rings. The average molecular weight is 675 g/mol. The van der Waals surface area contributed by atoms with Gasteiger partial charge in [-0.2, -0.15) is 0 Å². The van der Waals surface area contributed by atoms with Crippen molar-refractivity contribution in [2.75, 3.05) is 39.8 Å². The zero-order valence-corrected chi connectivity index (χ0v) is 28.9. The molecular weight excluding hydrogens is 618 g/mol. The molecule has 0 bridgehead atoms. The molecular formula is C37H56N9O3+. The standard InChI is InChI=1S/C37H55N9O3/c1-46(22-19-38,23-20-39)21-9-15-33(45-36(48)30(40)13-6-8-16-35(41)42)37(49)44-32(18-17-27-10-3-2-4-11-27)34(47)25-28-24-29-12-5-7-14-31(29)43-26-28/h2-5,7,10-12,14,24,26,30,32-33H,6,8-9,13,15-23,25,38-40H2,1H3,(H4-,41,42,44,45,48,49)/p+1/t30-,32-,33-/m0/s1. The quantitative estimate of drug-likeness (QED) is 0.0340. The predicted octanol–water partition coefficient (Wildman–Crippen LogP) is 1.92. The lowest BCUT2D eigenvalue weighted by molar-refractivity contribution is -0.907. The summed E-state index contributed by atoms with van der Waals surface area (Å²) in [5.74, 6) is -0.896. The molecule has 3 atom stereocenters. The van der Waals surface area contributed by atoms with Crippen LogP contribution in [0.5, 0.6) is 0 Å². The third-order valence-electron chi connectivity index (χ3n) is 9.00. The Labute approximate surface area is 290 Å². The third kappa shape index (κ3) is 13.7. The van der Waals surface area contributed by atoms with E-state index in [1.807, 2.05) is 60.7 Å². The lowest BCUT2D eigenvalue weighted by atomic mass is 9.97. The summed E-state index contributed by atoms with van der Waals surface area (Å²) in [5, 5.41) is 14.2. The van der Waals surface area contributed by atoms with Crippen LogP contribution in [0.4, 0.5) is 0 Å². The molecule has 0 spiro atoms. The molecule has 266 valence electrons. The van der Waals surface area contributed by atoms with Crippen LogP contribution < -0.4 is 33.6 Å². The number of unbranched alkanes of at least 4 members (excludes halogenated alkanes) is 1. The smallest absolute Gasteiger partial charge is 0.243 e. The lowest BCUT2D eigenvalue weighted by Crippen LogP contribution is -2.55. The maximum atomic E-state index is 14.0. The fourth-order valence-corrected chi connectivity index (χ4v) is 6.07. The number of quaternary nitrogens is 1. The number of nitrogens with zero attached hydrogens (tertiary/aromatic N) is 2. The van der Waals surface area contributed by atoms with Crippen molar-refractivity contribution in [3.63, 3.8) is 0 Å². The molecule has 49 heavy (non-hydrogen) atoms. The molecule has 2 amide bonds. The number of nitrogens with one attached hydrogen (secondary N) is 3. The third-order valence-corrected chi connectivity index (χ3v) is 9.00. The van der Waals surface area contributed by atoms with Crippen LogP contribution in [-0.2, 0) is 27.2 Å². The van der Waals surface area contributed by atoms with Gasteiger partial charge in [-0.25, -0.2) is 0 Å². The Morgan fingerprint density at radius 1 is 0.816 bits per heavy atom. The van der Waals surface area contributed by atoms with E-state index in [0.717, 1.165) is 41.7 Å². The number of para-hydroxylation sites is 1. The Hall–Kier alpha value is -4.23. The number of nitrogens with two attached hydrogens (primary N) is 4. The van der Waals surface area contributed by atoms with E-state index in [2.05, 4.69) is 22.7 Å². The second kappa shape index (κ2) is 20.3. The summed E-state index contributed by atoms with van der Waals surface area (Å²) in [6, 6.07) is 17.0.